The highest BCUT2D eigenvalue weighted by Gasteiger charge is 2.21. The third kappa shape index (κ3) is 1.89. The van der Waals surface area contributed by atoms with Gasteiger partial charge < -0.3 is 16.2 Å². The van der Waals surface area contributed by atoms with Gasteiger partial charge in [-0.05, 0) is 24.1 Å². The van der Waals surface area contributed by atoms with Crippen LogP contribution in [-0.4, -0.2) is 27.2 Å². The molecule has 0 atom stereocenters. The number of aryl methyl sites for hydroxylation is 1. The lowest BCUT2D eigenvalue weighted by molar-refractivity contribution is -0.116. The van der Waals surface area contributed by atoms with Gasteiger partial charge in [-0.25, -0.2) is 4.79 Å². The molecule has 3 rings (SSSR count). The summed E-state index contributed by atoms with van der Waals surface area (Å²) in [6.07, 6.45) is 1.05. The summed E-state index contributed by atoms with van der Waals surface area (Å²) in [6, 6.07) is 5.32. The Labute approximate surface area is 113 Å². The fourth-order valence-electron chi connectivity index (χ4n) is 2.32. The number of benzene rings is 1. The lowest BCUT2D eigenvalue weighted by Gasteiger charge is -2.17. The maximum atomic E-state index is 11.3. The predicted molar refractivity (Wildman–Crippen MR) is 72.3 cm³/mol. The molecule has 1 aliphatic heterocycles. The Morgan fingerprint density at radius 2 is 2.15 bits per heavy atom. The van der Waals surface area contributed by atoms with Crippen LogP contribution < -0.4 is 11.1 Å². The van der Waals surface area contributed by atoms with Crippen molar-refractivity contribution >= 4 is 23.4 Å². The number of aromatic amines is 1. The zero-order valence-electron chi connectivity index (χ0n) is 10.4. The van der Waals surface area contributed by atoms with Crippen LogP contribution in [0.25, 0.3) is 11.3 Å². The first-order valence-electron chi connectivity index (χ1n) is 6.06. The quantitative estimate of drug-likeness (QED) is 0.655. The van der Waals surface area contributed by atoms with E-state index in [1.54, 1.807) is 12.1 Å². The molecule has 7 heteroatoms. The van der Waals surface area contributed by atoms with Crippen molar-refractivity contribution < 1.29 is 14.7 Å². The van der Waals surface area contributed by atoms with Gasteiger partial charge in [0.2, 0.25) is 5.91 Å². The number of aromatic carboxylic acids is 1. The van der Waals surface area contributed by atoms with E-state index < -0.39 is 5.97 Å². The summed E-state index contributed by atoms with van der Waals surface area (Å²) in [6.45, 7) is 0. The van der Waals surface area contributed by atoms with Crippen LogP contribution in [0.4, 0.5) is 11.5 Å². The Balaban J connectivity index is 2.08. The van der Waals surface area contributed by atoms with Crippen molar-refractivity contribution in [2.75, 3.05) is 11.1 Å². The number of rotatable bonds is 2. The number of carboxylic acids is 1. The minimum Gasteiger partial charge on any atom is -0.477 e. The summed E-state index contributed by atoms with van der Waals surface area (Å²) in [4.78, 5) is 22.5. The van der Waals surface area contributed by atoms with Gasteiger partial charge in [-0.3, -0.25) is 9.89 Å². The lowest BCUT2D eigenvalue weighted by Crippen LogP contribution is -2.18. The molecule has 0 aliphatic carbocycles. The highest BCUT2D eigenvalue weighted by molar-refractivity contribution is 6.00. The molecule has 0 spiro atoms. The molecule has 1 aromatic heterocycles. The van der Waals surface area contributed by atoms with E-state index in [0.29, 0.717) is 24.1 Å². The van der Waals surface area contributed by atoms with Gasteiger partial charge in [-0.1, -0.05) is 6.07 Å². The van der Waals surface area contributed by atoms with Crippen molar-refractivity contribution in [3.8, 4) is 11.3 Å². The molecule has 5 N–H and O–H groups in total. The first-order chi connectivity index (χ1) is 9.56. The number of nitrogens with two attached hydrogens (primary N) is 1. The lowest BCUT2D eigenvalue weighted by atomic mass is 9.98. The van der Waals surface area contributed by atoms with Gasteiger partial charge in [0.05, 0.1) is 5.69 Å². The van der Waals surface area contributed by atoms with E-state index >= 15 is 0 Å². The van der Waals surface area contributed by atoms with E-state index in [-0.39, 0.29) is 17.3 Å². The molecule has 2 aromatic rings. The number of carboxylic acid groups (broad SMARTS) is 1. The molecule has 0 radical (unpaired) electrons. The molecule has 102 valence electrons. The number of amides is 1. The second kappa shape index (κ2) is 4.37. The SMILES string of the molecule is Nc1n[nH]c(-c2ccc3c(c2)CCC(=O)N3)c1C(=O)O. The zero-order valence-corrected chi connectivity index (χ0v) is 10.4. The smallest absolute Gasteiger partial charge is 0.341 e. The van der Waals surface area contributed by atoms with Crippen LogP contribution in [-0.2, 0) is 11.2 Å². The summed E-state index contributed by atoms with van der Waals surface area (Å²) < 4.78 is 0. The number of nitrogens with zero attached hydrogens (tertiary/aromatic N) is 1. The Morgan fingerprint density at radius 1 is 1.35 bits per heavy atom. The average Bonchev–Trinajstić information content (AvgIpc) is 2.80. The molecular weight excluding hydrogens is 260 g/mol. The largest absolute Gasteiger partial charge is 0.477 e. The standard InChI is InChI=1S/C13H12N4O3/c14-12-10(13(19)20)11(16-17-12)7-1-3-8-6(5-7)2-4-9(18)15-8/h1,3,5H,2,4H2,(H,15,18)(H,19,20)(H3,14,16,17). The van der Waals surface area contributed by atoms with Crippen molar-refractivity contribution in [3.05, 3.63) is 29.3 Å². The number of hydrogen-bond donors (Lipinski definition) is 4. The average molecular weight is 272 g/mol. The van der Waals surface area contributed by atoms with Crippen LogP contribution in [0.3, 0.4) is 0 Å². The maximum absolute atomic E-state index is 11.3. The topological polar surface area (TPSA) is 121 Å². The molecule has 0 bridgehead atoms. The molecule has 20 heavy (non-hydrogen) atoms. The highest BCUT2D eigenvalue weighted by Crippen LogP contribution is 2.30. The van der Waals surface area contributed by atoms with Crippen molar-refractivity contribution in [2.24, 2.45) is 0 Å². The van der Waals surface area contributed by atoms with Crippen LogP contribution in [0.5, 0.6) is 0 Å². The van der Waals surface area contributed by atoms with Gasteiger partial charge in [0, 0.05) is 17.7 Å². The first kappa shape index (κ1) is 12.2. The van der Waals surface area contributed by atoms with E-state index in [1.165, 1.54) is 0 Å². The molecule has 1 aliphatic rings. The Kier molecular flexibility index (Phi) is 2.67. The molecule has 1 amide bonds. The van der Waals surface area contributed by atoms with Crippen LogP contribution >= 0.6 is 0 Å². The van der Waals surface area contributed by atoms with Gasteiger partial charge in [0.25, 0.3) is 0 Å². The third-order valence-electron chi connectivity index (χ3n) is 3.30. The number of anilines is 2. The molecule has 0 fully saturated rings. The van der Waals surface area contributed by atoms with E-state index in [9.17, 15) is 14.7 Å². The number of H-pyrrole nitrogens is 1. The van der Waals surface area contributed by atoms with Crippen LogP contribution in [0.2, 0.25) is 0 Å². The maximum Gasteiger partial charge on any atom is 0.341 e. The Bertz CT molecular complexity index is 720. The van der Waals surface area contributed by atoms with Crippen molar-refractivity contribution in [2.45, 2.75) is 12.8 Å². The van der Waals surface area contributed by atoms with Gasteiger partial charge in [0.1, 0.15) is 5.56 Å². The van der Waals surface area contributed by atoms with Gasteiger partial charge in [0.15, 0.2) is 5.82 Å². The predicted octanol–water partition coefficient (Wildman–Crippen LogP) is 1.24. The van der Waals surface area contributed by atoms with E-state index in [4.69, 9.17) is 5.73 Å². The highest BCUT2D eigenvalue weighted by atomic mass is 16.4. The van der Waals surface area contributed by atoms with E-state index in [0.717, 1.165) is 11.3 Å². The minimum absolute atomic E-state index is 0.0118. The minimum atomic E-state index is -1.13. The molecular formula is C13H12N4O3. The number of carbonyl (C=O) groups excluding carboxylic acids is 1. The summed E-state index contributed by atoms with van der Waals surface area (Å²) in [7, 11) is 0. The van der Waals surface area contributed by atoms with Gasteiger partial charge >= 0.3 is 5.97 Å². The Hall–Kier alpha value is -2.83. The number of nitrogens with one attached hydrogen (secondary N) is 2. The van der Waals surface area contributed by atoms with Crippen LogP contribution in [0, 0.1) is 0 Å². The zero-order chi connectivity index (χ0) is 14.3. The third-order valence-corrected chi connectivity index (χ3v) is 3.30. The molecule has 1 aromatic carbocycles. The first-order valence-corrected chi connectivity index (χ1v) is 6.06. The molecule has 2 heterocycles. The van der Waals surface area contributed by atoms with Crippen LogP contribution in [0.1, 0.15) is 22.3 Å². The second-order valence-corrected chi connectivity index (χ2v) is 4.58. The monoisotopic (exact) mass is 272 g/mol. The summed E-state index contributed by atoms with van der Waals surface area (Å²) >= 11 is 0. The molecule has 0 saturated heterocycles. The van der Waals surface area contributed by atoms with Crippen molar-refractivity contribution in [1.82, 2.24) is 10.2 Å². The fourth-order valence-corrected chi connectivity index (χ4v) is 2.32. The number of carbonyl (C=O) groups is 2. The molecule has 7 nitrogen and oxygen atoms in total. The van der Waals surface area contributed by atoms with Crippen molar-refractivity contribution in [1.29, 1.82) is 0 Å². The van der Waals surface area contributed by atoms with E-state index in [2.05, 4.69) is 15.5 Å². The number of nitrogen functional groups attached to an aromatic ring is 1. The second-order valence-electron chi connectivity index (χ2n) is 4.58. The number of fused-ring (bicyclic) bond motifs is 1. The van der Waals surface area contributed by atoms with Gasteiger partial charge in [-0.2, -0.15) is 5.10 Å². The summed E-state index contributed by atoms with van der Waals surface area (Å²) in [5.41, 5.74) is 8.29. The fraction of sp³-hybridized carbons (Fsp3) is 0.154. The Morgan fingerprint density at radius 3 is 2.90 bits per heavy atom. The number of aromatic nitrogens is 2. The number of hydrogen-bond acceptors (Lipinski definition) is 4. The van der Waals surface area contributed by atoms with E-state index in [1.807, 2.05) is 6.07 Å². The van der Waals surface area contributed by atoms with Crippen LogP contribution in [0.15, 0.2) is 18.2 Å². The van der Waals surface area contributed by atoms with Crippen molar-refractivity contribution in [3.63, 3.8) is 0 Å². The molecule has 0 unspecified atom stereocenters. The summed E-state index contributed by atoms with van der Waals surface area (Å²) in [5.74, 6) is -1.18. The summed E-state index contributed by atoms with van der Waals surface area (Å²) in [5, 5.41) is 18.3. The molecule has 0 saturated carbocycles. The van der Waals surface area contributed by atoms with Gasteiger partial charge in [-0.15, -0.1) is 0 Å². The normalized spacial score (nSPS) is 13.7.